The van der Waals surface area contributed by atoms with Gasteiger partial charge in [0.25, 0.3) is 5.56 Å². The van der Waals surface area contributed by atoms with E-state index in [0.717, 1.165) is 10.1 Å². The van der Waals surface area contributed by atoms with Gasteiger partial charge in [0, 0.05) is 18.8 Å². The molecule has 3 aromatic rings. The molecule has 23 heavy (non-hydrogen) atoms. The largest absolute Gasteiger partial charge is 0.480 e. The van der Waals surface area contributed by atoms with E-state index >= 15 is 0 Å². The first-order chi connectivity index (χ1) is 11.0. The van der Waals surface area contributed by atoms with Crippen molar-refractivity contribution in [1.82, 2.24) is 19.1 Å². The third-order valence-electron chi connectivity index (χ3n) is 3.41. The Hall–Kier alpha value is -3.29. The van der Waals surface area contributed by atoms with Crippen LogP contribution in [0.3, 0.4) is 0 Å². The number of hydrogen-bond acceptors (Lipinski definition) is 5. The minimum Gasteiger partial charge on any atom is -0.480 e. The average Bonchev–Trinajstić information content (AvgIpc) is 2.57. The van der Waals surface area contributed by atoms with E-state index < -0.39 is 23.8 Å². The smallest absolute Gasteiger partial charge is 0.332 e. The molecule has 1 aromatic carbocycles. The predicted octanol–water partition coefficient (Wildman–Crippen LogP) is 0.242. The van der Waals surface area contributed by atoms with Crippen LogP contribution in [0.5, 0.6) is 0 Å². The van der Waals surface area contributed by atoms with Crippen LogP contribution in [0.15, 0.2) is 46.1 Å². The summed E-state index contributed by atoms with van der Waals surface area (Å²) in [4.78, 5) is 43.7. The molecule has 0 fully saturated rings. The second-order valence-corrected chi connectivity index (χ2v) is 4.92. The summed E-state index contributed by atoms with van der Waals surface area (Å²) in [5.41, 5.74) is -0.542. The van der Waals surface area contributed by atoms with Gasteiger partial charge in [-0.2, -0.15) is 0 Å². The molecule has 0 radical (unpaired) electrons. The average molecular weight is 312 g/mol. The van der Waals surface area contributed by atoms with Gasteiger partial charge in [-0.05, 0) is 0 Å². The maximum absolute atomic E-state index is 12.3. The highest BCUT2D eigenvalue weighted by atomic mass is 16.4. The highest BCUT2D eigenvalue weighted by Gasteiger charge is 2.15. The Bertz CT molecular complexity index is 1020. The van der Waals surface area contributed by atoms with Crippen LogP contribution >= 0.6 is 0 Å². The van der Waals surface area contributed by atoms with E-state index in [1.165, 1.54) is 13.2 Å². The number of rotatable bonds is 3. The number of carboxylic acid groups (broad SMARTS) is 1. The lowest BCUT2D eigenvalue weighted by Gasteiger charge is -2.09. The Balaban J connectivity index is 2.30. The van der Waals surface area contributed by atoms with Crippen molar-refractivity contribution in [2.45, 2.75) is 6.54 Å². The molecule has 8 heteroatoms. The Kier molecular flexibility index (Phi) is 3.49. The van der Waals surface area contributed by atoms with Crippen molar-refractivity contribution in [2.75, 3.05) is 0 Å². The molecule has 0 amide bonds. The van der Waals surface area contributed by atoms with Crippen LogP contribution in [0.1, 0.15) is 0 Å². The van der Waals surface area contributed by atoms with Crippen LogP contribution in [0.25, 0.3) is 22.4 Å². The van der Waals surface area contributed by atoms with E-state index in [0.29, 0.717) is 10.4 Å². The standard InChI is InChI=1S/C15H12N4O4/c1-18-13-10(14(22)19(15(18)23)8-11(20)21)7-16-12(17-13)9-5-3-2-4-6-9/h2-7H,8H2,1H3,(H,20,21). The lowest BCUT2D eigenvalue weighted by molar-refractivity contribution is -0.137. The quantitative estimate of drug-likeness (QED) is 0.742. The van der Waals surface area contributed by atoms with Crippen LogP contribution in [0, 0.1) is 0 Å². The molecular weight excluding hydrogens is 300 g/mol. The number of hydrogen-bond donors (Lipinski definition) is 1. The number of nitrogens with zero attached hydrogens (tertiary/aromatic N) is 4. The van der Waals surface area contributed by atoms with Crippen molar-refractivity contribution in [1.29, 1.82) is 0 Å². The normalized spacial score (nSPS) is 10.8. The predicted molar refractivity (Wildman–Crippen MR) is 82.1 cm³/mol. The van der Waals surface area contributed by atoms with Crippen LogP contribution in [-0.4, -0.2) is 30.2 Å². The van der Waals surface area contributed by atoms with Crippen molar-refractivity contribution in [3.63, 3.8) is 0 Å². The van der Waals surface area contributed by atoms with E-state index in [2.05, 4.69) is 9.97 Å². The van der Waals surface area contributed by atoms with Gasteiger partial charge in [0.1, 0.15) is 11.9 Å². The van der Waals surface area contributed by atoms with Gasteiger partial charge in [-0.25, -0.2) is 19.3 Å². The highest BCUT2D eigenvalue weighted by Crippen LogP contribution is 2.15. The number of aliphatic carboxylic acids is 1. The maximum Gasteiger partial charge on any atom is 0.332 e. The summed E-state index contributed by atoms with van der Waals surface area (Å²) in [5, 5.41) is 8.92. The fourth-order valence-corrected chi connectivity index (χ4v) is 2.28. The molecule has 2 aromatic heterocycles. The van der Waals surface area contributed by atoms with Crippen molar-refractivity contribution in [3.05, 3.63) is 57.4 Å². The fraction of sp³-hybridized carbons (Fsp3) is 0.133. The van der Waals surface area contributed by atoms with Crippen LogP contribution in [0.4, 0.5) is 0 Å². The second kappa shape index (κ2) is 5.48. The molecule has 0 aliphatic heterocycles. The molecule has 1 N–H and O–H groups in total. The number of aromatic nitrogens is 4. The zero-order valence-electron chi connectivity index (χ0n) is 12.1. The molecule has 2 heterocycles. The Morgan fingerprint density at radius 2 is 1.91 bits per heavy atom. The lowest BCUT2D eigenvalue weighted by atomic mass is 10.2. The molecule has 8 nitrogen and oxygen atoms in total. The van der Waals surface area contributed by atoms with Crippen molar-refractivity contribution in [3.8, 4) is 11.4 Å². The van der Waals surface area contributed by atoms with Gasteiger partial charge < -0.3 is 5.11 Å². The summed E-state index contributed by atoms with van der Waals surface area (Å²) in [6.45, 7) is -0.706. The fourth-order valence-electron chi connectivity index (χ4n) is 2.28. The van der Waals surface area contributed by atoms with Gasteiger partial charge in [-0.3, -0.25) is 14.2 Å². The maximum atomic E-state index is 12.3. The summed E-state index contributed by atoms with van der Waals surface area (Å²) >= 11 is 0. The van der Waals surface area contributed by atoms with Gasteiger partial charge >= 0.3 is 11.7 Å². The summed E-state index contributed by atoms with van der Waals surface area (Å²) in [6.07, 6.45) is 1.31. The summed E-state index contributed by atoms with van der Waals surface area (Å²) in [6, 6.07) is 9.13. The Labute approximate surface area is 129 Å². The molecule has 0 spiro atoms. The molecule has 0 aliphatic rings. The summed E-state index contributed by atoms with van der Waals surface area (Å²) in [7, 11) is 1.43. The van der Waals surface area contributed by atoms with Crippen LogP contribution in [-0.2, 0) is 18.4 Å². The van der Waals surface area contributed by atoms with Gasteiger partial charge in [0.05, 0.1) is 0 Å². The molecule has 0 aliphatic carbocycles. The van der Waals surface area contributed by atoms with Gasteiger partial charge in [-0.15, -0.1) is 0 Å². The number of aryl methyl sites for hydroxylation is 1. The summed E-state index contributed by atoms with van der Waals surface area (Å²) in [5.74, 6) is -0.895. The Morgan fingerprint density at radius 1 is 1.22 bits per heavy atom. The van der Waals surface area contributed by atoms with Gasteiger partial charge in [0.2, 0.25) is 0 Å². The van der Waals surface area contributed by atoms with Gasteiger partial charge in [0.15, 0.2) is 11.5 Å². The lowest BCUT2D eigenvalue weighted by Crippen LogP contribution is -2.41. The first kappa shape index (κ1) is 14.6. The minimum absolute atomic E-state index is 0.0908. The molecule has 0 saturated heterocycles. The summed E-state index contributed by atoms with van der Waals surface area (Å²) < 4.78 is 1.80. The molecule has 0 bridgehead atoms. The van der Waals surface area contributed by atoms with E-state index in [4.69, 9.17) is 5.11 Å². The van der Waals surface area contributed by atoms with E-state index in [9.17, 15) is 14.4 Å². The zero-order chi connectivity index (χ0) is 16.6. The third kappa shape index (κ3) is 2.50. The second-order valence-electron chi connectivity index (χ2n) is 4.92. The monoisotopic (exact) mass is 312 g/mol. The van der Waals surface area contributed by atoms with Crippen LogP contribution < -0.4 is 11.2 Å². The first-order valence-corrected chi connectivity index (χ1v) is 6.73. The number of carbonyl (C=O) groups is 1. The van der Waals surface area contributed by atoms with E-state index in [1.54, 1.807) is 0 Å². The minimum atomic E-state index is -1.27. The molecule has 0 saturated carbocycles. The number of carboxylic acids is 1. The van der Waals surface area contributed by atoms with E-state index in [-0.39, 0.29) is 11.0 Å². The topological polar surface area (TPSA) is 107 Å². The molecule has 3 rings (SSSR count). The zero-order valence-corrected chi connectivity index (χ0v) is 12.1. The Morgan fingerprint density at radius 3 is 2.57 bits per heavy atom. The van der Waals surface area contributed by atoms with Crippen molar-refractivity contribution in [2.24, 2.45) is 7.05 Å². The molecule has 0 atom stereocenters. The molecule has 116 valence electrons. The number of benzene rings is 1. The SMILES string of the molecule is Cn1c(=O)n(CC(=O)O)c(=O)c2cnc(-c3ccccc3)nc21. The molecular formula is C15H12N4O4. The van der Waals surface area contributed by atoms with Crippen LogP contribution in [0.2, 0.25) is 0 Å². The third-order valence-corrected chi connectivity index (χ3v) is 3.41. The van der Waals surface area contributed by atoms with E-state index in [1.807, 2.05) is 30.3 Å². The van der Waals surface area contributed by atoms with Crippen molar-refractivity contribution >= 4 is 17.0 Å². The molecule has 0 unspecified atom stereocenters. The van der Waals surface area contributed by atoms with Crippen molar-refractivity contribution < 1.29 is 9.90 Å². The first-order valence-electron chi connectivity index (χ1n) is 6.73. The highest BCUT2D eigenvalue weighted by molar-refractivity contribution is 5.76. The van der Waals surface area contributed by atoms with Gasteiger partial charge in [-0.1, -0.05) is 30.3 Å². The number of fused-ring (bicyclic) bond motifs is 1.